The predicted molar refractivity (Wildman–Crippen MR) is 112 cm³/mol. The first-order valence-corrected chi connectivity index (χ1v) is 9.79. The van der Waals surface area contributed by atoms with E-state index in [1.54, 1.807) is 45.0 Å². The van der Waals surface area contributed by atoms with E-state index in [4.69, 9.17) is 20.8 Å². The van der Waals surface area contributed by atoms with E-state index in [1.165, 1.54) is 16.8 Å². The molecule has 4 aromatic rings. The Kier molecular flexibility index (Phi) is 5.56. The zero-order valence-electron chi connectivity index (χ0n) is 17.0. The van der Waals surface area contributed by atoms with E-state index in [-0.39, 0.29) is 18.1 Å². The fourth-order valence-corrected chi connectivity index (χ4v) is 3.30. The maximum absolute atomic E-state index is 13.4. The molecule has 7 nitrogen and oxygen atoms in total. The van der Waals surface area contributed by atoms with Gasteiger partial charge in [0.25, 0.3) is 0 Å². The van der Waals surface area contributed by atoms with Crippen molar-refractivity contribution in [2.75, 3.05) is 0 Å². The van der Waals surface area contributed by atoms with Gasteiger partial charge in [-0.1, -0.05) is 22.9 Å². The van der Waals surface area contributed by atoms with Crippen LogP contribution in [0.1, 0.15) is 33.2 Å². The Bertz CT molecular complexity index is 1280. The molecule has 0 radical (unpaired) electrons. The summed E-state index contributed by atoms with van der Waals surface area (Å²) in [5.41, 5.74) is 3.06. The number of hydrogen-bond acceptors (Lipinski definition) is 6. The first-order chi connectivity index (χ1) is 14.8. The minimum atomic E-state index is -0.643. The van der Waals surface area contributed by atoms with Gasteiger partial charge in [-0.25, -0.2) is 18.9 Å². The van der Waals surface area contributed by atoms with Gasteiger partial charge in [0, 0.05) is 10.6 Å². The van der Waals surface area contributed by atoms with Crippen LogP contribution in [0.2, 0.25) is 5.02 Å². The average molecular weight is 441 g/mol. The molecule has 0 amide bonds. The molecule has 0 aliphatic rings. The molecule has 0 aliphatic heterocycles. The summed E-state index contributed by atoms with van der Waals surface area (Å²) in [5.74, 6) is -0.0703. The third kappa shape index (κ3) is 4.20. The molecule has 2 aromatic carbocycles. The van der Waals surface area contributed by atoms with Crippen LogP contribution in [-0.2, 0) is 11.3 Å². The Hall–Kier alpha value is -3.52. The van der Waals surface area contributed by atoms with Crippen LogP contribution in [0.25, 0.3) is 17.1 Å². The number of esters is 1. The molecule has 0 spiro atoms. The largest absolute Gasteiger partial charge is 0.454 e. The van der Waals surface area contributed by atoms with Crippen LogP contribution in [0, 0.1) is 26.6 Å². The molecule has 0 unspecified atom stereocenters. The van der Waals surface area contributed by atoms with E-state index >= 15 is 0 Å². The van der Waals surface area contributed by atoms with Crippen LogP contribution in [0.4, 0.5) is 4.39 Å². The van der Waals surface area contributed by atoms with Crippen molar-refractivity contribution in [2.45, 2.75) is 27.4 Å². The highest BCUT2D eigenvalue weighted by Gasteiger charge is 2.21. The van der Waals surface area contributed by atoms with Crippen molar-refractivity contribution < 1.29 is 18.3 Å². The molecule has 4 rings (SSSR count). The van der Waals surface area contributed by atoms with E-state index in [2.05, 4.69) is 15.3 Å². The Balaban J connectivity index is 1.51. The Morgan fingerprint density at radius 1 is 1.19 bits per heavy atom. The summed E-state index contributed by atoms with van der Waals surface area (Å²) in [6.45, 7) is 5.10. The minimum Gasteiger partial charge on any atom is -0.454 e. The van der Waals surface area contributed by atoms with Gasteiger partial charge in [-0.05, 0) is 62.7 Å². The van der Waals surface area contributed by atoms with Crippen molar-refractivity contribution in [3.05, 3.63) is 81.7 Å². The SMILES string of the molecule is Cc1cc(F)ccc1-n1nnc(C(=O)OCc2nc(-c3cccc(Cl)c3)oc2C)c1C. The van der Waals surface area contributed by atoms with Gasteiger partial charge >= 0.3 is 5.97 Å². The molecule has 0 N–H and O–H groups in total. The molecule has 0 saturated heterocycles. The van der Waals surface area contributed by atoms with Crippen LogP contribution in [-0.4, -0.2) is 25.9 Å². The lowest BCUT2D eigenvalue weighted by molar-refractivity contribution is 0.0459. The summed E-state index contributed by atoms with van der Waals surface area (Å²) in [6.07, 6.45) is 0. The number of benzene rings is 2. The third-order valence-electron chi connectivity index (χ3n) is 4.78. The van der Waals surface area contributed by atoms with Gasteiger partial charge in [0.2, 0.25) is 5.89 Å². The Morgan fingerprint density at radius 3 is 2.74 bits per heavy atom. The zero-order chi connectivity index (χ0) is 22.1. The van der Waals surface area contributed by atoms with Crippen LogP contribution in [0.5, 0.6) is 0 Å². The summed E-state index contributed by atoms with van der Waals surface area (Å²) in [5, 5.41) is 8.52. The molecule has 31 heavy (non-hydrogen) atoms. The van der Waals surface area contributed by atoms with Gasteiger partial charge in [0.1, 0.15) is 23.9 Å². The molecule has 0 saturated carbocycles. The number of aromatic nitrogens is 4. The number of carbonyl (C=O) groups is 1. The molecule has 0 fully saturated rings. The van der Waals surface area contributed by atoms with Crippen LogP contribution >= 0.6 is 11.6 Å². The number of hydrogen-bond donors (Lipinski definition) is 0. The van der Waals surface area contributed by atoms with Crippen molar-refractivity contribution in [1.29, 1.82) is 0 Å². The Morgan fingerprint density at radius 2 is 2.00 bits per heavy atom. The molecular formula is C22H18ClFN4O3. The van der Waals surface area contributed by atoms with Crippen molar-refractivity contribution >= 4 is 17.6 Å². The van der Waals surface area contributed by atoms with Gasteiger partial charge in [-0.15, -0.1) is 5.10 Å². The monoisotopic (exact) mass is 440 g/mol. The summed E-state index contributed by atoms with van der Waals surface area (Å²) < 4.78 is 25.9. The molecule has 9 heteroatoms. The highest BCUT2D eigenvalue weighted by atomic mass is 35.5. The molecule has 0 atom stereocenters. The van der Waals surface area contributed by atoms with Crippen molar-refractivity contribution in [2.24, 2.45) is 0 Å². The normalized spacial score (nSPS) is 11.0. The number of nitrogens with zero attached hydrogens (tertiary/aromatic N) is 4. The van der Waals surface area contributed by atoms with E-state index in [0.29, 0.717) is 39.3 Å². The van der Waals surface area contributed by atoms with Gasteiger partial charge in [0.15, 0.2) is 5.69 Å². The topological polar surface area (TPSA) is 83.0 Å². The molecule has 158 valence electrons. The number of halogens is 2. The highest BCUT2D eigenvalue weighted by molar-refractivity contribution is 6.30. The summed E-state index contributed by atoms with van der Waals surface area (Å²) in [7, 11) is 0. The molecule has 0 bridgehead atoms. The average Bonchev–Trinajstić information content (AvgIpc) is 3.29. The van der Waals surface area contributed by atoms with Crippen LogP contribution < -0.4 is 0 Å². The first kappa shape index (κ1) is 20.7. The van der Waals surface area contributed by atoms with Gasteiger partial charge in [-0.2, -0.15) is 0 Å². The quantitative estimate of drug-likeness (QED) is 0.406. The maximum Gasteiger partial charge on any atom is 0.361 e. The fraction of sp³-hybridized carbons (Fsp3) is 0.182. The predicted octanol–water partition coefficient (Wildman–Crippen LogP) is 5.00. The van der Waals surface area contributed by atoms with Crippen LogP contribution in [0.3, 0.4) is 0 Å². The number of rotatable bonds is 5. The van der Waals surface area contributed by atoms with Gasteiger partial charge in [0.05, 0.1) is 11.4 Å². The number of oxazole rings is 1. The van der Waals surface area contributed by atoms with Crippen molar-refractivity contribution in [3.8, 4) is 17.1 Å². The maximum atomic E-state index is 13.4. The standard InChI is InChI=1S/C22H18ClFN4O3/c1-12-9-17(24)7-8-19(12)28-13(2)20(26-27-28)22(29)30-11-18-14(3)31-21(25-18)15-5-4-6-16(23)10-15/h4-10H,11H2,1-3H3. The highest BCUT2D eigenvalue weighted by Crippen LogP contribution is 2.25. The Labute approximate surface area is 182 Å². The van der Waals surface area contributed by atoms with E-state index in [1.807, 2.05) is 6.07 Å². The fourth-order valence-electron chi connectivity index (χ4n) is 3.11. The zero-order valence-corrected chi connectivity index (χ0v) is 17.8. The van der Waals surface area contributed by atoms with Gasteiger partial charge < -0.3 is 9.15 Å². The van der Waals surface area contributed by atoms with E-state index < -0.39 is 5.97 Å². The number of ether oxygens (including phenoxy) is 1. The molecular weight excluding hydrogens is 423 g/mol. The van der Waals surface area contributed by atoms with E-state index in [0.717, 1.165) is 5.56 Å². The van der Waals surface area contributed by atoms with Crippen molar-refractivity contribution in [3.63, 3.8) is 0 Å². The number of aryl methyl sites for hydroxylation is 2. The minimum absolute atomic E-state index is 0.0694. The van der Waals surface area contributed by atoms with Crippen molar-refractivity contribution in [1.82, 2.24) is 20.0 Å². The first-order valence-electron chi connectivity index (χ1n) is 9.41. The third-order valence-corrected chi connectivity index (χ3v) is 5.01. The lowest BCUT2D eigenvalue weighted by Gasteiger charge is -2.07. The van der Waals surface area contributed by atoms with Crippen LogP contribution in [0.15, 0.2) is 46.9 Å². The smallest absolute Gasteiger partial charge is 0.361 e. The number of carbonyl (C=O) groups excluding carboxylic acids is 1. The second-order valence-corrected chi connectivity index (χ2v) is 7.41. The second kappa shape index (κ2) is 8.31. The molecule has 0 aliphatic carbocycles. The molecule has 2 heterocycles. The summed E-state index contributed by atoms with van der Waals surface area (Å²) >= 11 is 6.02. The second-order valence-electron chi connectivity index (χ2n) is 6.97. The lowest BCUT2D eigenvalue weighted by Crippen LogP contribution is -2.09. The summed E-state index contributed by atoms with van der Waals surface area (Å²) in [4.78, 5) is 17.0. The van der Waals surface area contributed by atoms with E-state index in [9.17, 15) is 9.18 Å². The summed E-state index contributed by atoms with van der Waals surface area (Å²) in [6, 6.07) is 11.4. The lowest BCUT2D eigenvalue weighted by atomic mass is 10.2. The van der Waals surface area contributed by atoms with Gasteiger partial charge in [-0.3, -0.25) is 0 Å². The molecule has 2 aromatic heterocycles.